The molecule has 0 spiro atoms. The molecular formula is C16H17NO3S. The van der Waals surface area contributed by atoms with E-state index in [2.05, 4.69) is 5.32 Å². The molecule has 2 N–H and O–H groups in total. The van der Waals surface area contributed by atoms with Crippen molar-refractivity contribution >= 4 is 23.2 Å². The zero-order chi connectivity index (χ0) is 15.2. The SMILES string of the molecule is C[C@H](Cc1cccs1)C(=O)N[C@H](C(=O)O)c1ccccc1. The van der Waals surface area contributed by atoms with Crippen LogP contribution in [0.25, 0.3) is 0 Å². The van der Waals surface area contributed by atoms with Crippen molar-refractivity contribution < 1.29 is 14.7 Å². The van der Waals surface area contributed by atoms with Gasteiger partial charge in [-0.15, -0.1) is 11.3 Å². The van der Waals surface area contributed by atoms with Crippen LogP contribution in [0.3, 0.4) is 0 Å². The molecule has 0 radical (unpaired) electrons. The maximum atomic E-state index is 12.2. The Bertz CT molecular complexity index is 595. The lowest BCUT2D eigenvalue weighted by Gasteiger charge is -2.18. The molecule has 0 aliphatic carbocycles. The van der Waals surface area contributed by atoms with Gasteiger partial charge < -0.3 is 10.4 Å². The van der Waals surface area contributed by atoms with Crippen LogP contribution in [0.1, 0.15) is 23.4 Å². The summed E-state index contributed by atoms with van der Waals surface area (Å²) in [5.74, 6) is -1.58. The van der Waals surface area contributed by atoms with Gasteiger partial charge >= 0.3 is 5.97 Å². The van der Waals surface area contributed by atoms with Gasteiger partial charge in [0.2, 0.25) is 5.91 Å². The number of amides is 1. The van der Waals surface area contributed by atoms with Crippen molar-refractivity contribution in [2.75, 3.05) is 0 Å². The molecule has 2 atom stereocenters. The van der Waals surface area contributed by atoms with E-state index in [4.69, 9.17) is 0 Å². The smallest absolute Gasteiger partial charge is 0.330 e. The van der Waals surface area contributed by atoms with Gasteiger partial charge in [0.05, 0.1) is 0 Å². The predicted molar refractivity (Wildman–Crippen MR) is 82.1 cm³/mol. The predicted octanol–water partition coefficient (Wildman–Crippen LogP) is 2.87. The molecule has 1 heterocycles. The van der Waals surface area contributed by atoms with E-state index in [1.165, 1.54) is 0 Å². The van der Waals surface area contributed by atoms with Crippen molar-refractivity contribution in [2.45, 2.75) is 19.4 Å². The Morgan fingerprint density at radius 1 is 1.19 bits per heavy atom. The van der Waals surface area contributed by atoms with Crippen molar-refractivity contribution in [3.63, 3.8) is 0 Å². The number of nitrogens with one attached hydrogen (secondary N) is 1. The first kappa shape index (κ1) is 15.3. The average Bonchev–Trinajstić information content (AvgIpc) is 2.98. The summed E-state index contributed by atoms with van der Waals surface area (Å²) in [6, 6.07) is 11.6. The second-order valence-electron chi connectivity index (χ2n) is 4.88. The van der Waals surface area contributed by atoms with Crippen molar-refractivity contribution in [3.8, 4) is 0 Å². The van der Waals surface area contributed by atoms with E-state index in [9.17, 15) is 14.7 Å². The van der Waals surface area contributed by atoms with Gasteiger partial charge in [0.1, 0.15) is 0 Å². The lowest BCUT2D eigenvalue weighted by Crippen LogP contribution is -2.37. The third-order valence-corrected chi connectivity index (χ3v) is 4.10. The third-order valence-electron chi connectivity index (χ3n) is 3.20. The normalized spacial score (nSPS) is 13.4. The van der Waals surface area contributed by atoms with Crippen LogP contribution in [0.5, 0.6) is 0 Å². The molecule has 0 bridgehead atoms. The molecular weight excluding hydrogens is 286 g/mol. The van der Waals surface area contributed by atoms with E-state index >= 15 is 0 Å². The van der Waals surface area contributed by atoms with Gasteiger partial charge in [0.15, 0.2) is 6.04 Å². The molecule has 1 aromatic carbocycles. The molecule has 0 unspecified atom stereocenters. The lowest BCUT2D eigenvalue weighted by atomic mass is 10.0. The number of thiophene rings is 1. The van der Waals surface area contributed by atoms with Gasteiger partial charge in [0.25, 0.3) is 0 Å². The zero-order valence-electron chi connectivity index (χ0n) is 11.7. The minimum absolute atomic E-state index is 0.250. The molecule has 5 heteroatoms. The molecule has 4 nitrogen and oxygen atoms in total. The van der Waals surface area contributed by atoms with Gasteiger partial charge in [0, 0.05) is 10.8 Å². The molecule has 21 heavy (non-hydrogen) atoms. The first-order valence-electron chi connectivity index (χ1n) is 6.68. The number of carboxylic acid groups (broad SMARTS) is 1. The average molecular weight is 303 g/mol. The number of aliphatic carboxylic acids is 1. The number of carbonyl (C=O) groups is 2. The van der Waals surface area contributed by atoms with Crippen LogP contribution in [0.15, 0.2) is 47.8 Å². The summed E-state index contributed by atoms with van der Waals surface area (Å²) >= 11 is 1.59. The Labute approximate surface area is 127 Å². The molecule has 110 valence electrons. The third kappa shape index (κ3) is 4.16. The van der Waals surface area contributed by atoms with E-state index in [1.54, 1.807) is 42.5 Å². The fraction of sp³-hybridized carbons (Fsp3) is 0.250. The minimum atomic E-state index is -1.06. The van der Waals surface area contributed by atoms with Crippen molar-refractivity contribution in [1.82, 2.24) is 5.32 Å². The maximum absolute atomic E-state index is 12.2. The highest BCUT2D eigenvalue weighted by atomic mass is 32.1. The van der Waals surface area contributed by atoms with E-state index < -0.39 is 12.0 Å². The summed E-state index contributed by atoms with van der Waals surface area (Å²) in [7, 11) is 0. The Hall–Kier alpha value is -2.14. The number of carbonyl (C=O) groups excluding carboxylic acids is 1. The Balaban J connectivity index is 2.03. The molecule has 0 saturated carbocycles. The molecule has 0 saturated heterocycles. The van der Waals surface area contributed by atoms with Crippen LogP contribution in [-0.2, 0) is 16.0 Å². The zero-order valence-corrected chi connectivity index (χ0v) is 12.5. The number of benzene rings is 1. The second-order valence-corrected chi connectivity index (χ2v) is 5.91. The van der Waals surface area contributed by atoms with Crippen LogP contribution in [-0.4, -0.2) is 17.0 Å². The summed E-state index contributed by atoms with van der Waals surface area (Å²) in [5, 5.41) is 13.9. The molecule has 0 fully saturated rings. The highest BCUT2D eigenvalue weighted by Crippen LogP contribution is 2.17. The minimum Gasteiger partial charge on any atom is -0.479 e. The van der Waals surface area contributed by atoms with Gasteiger partial charge in [-0.1, -0.05) is 43.3 Å². The van der Waals surface area contributed by atoms with Crippen LogP contribution >= 0.6 is 11.3 Å². The van der Waals surface area contributed by atoms with Gasteiger partial charge in [-0.05, 0) is 23.4 Å². The van der Waals surface area contributed by atoms with E-state index in [0.29, 0.717) is 12.0 Å². The number of hydrogen-bond acceptors (Lipinski definition) is 3. The van der Waals surface area contributed by atoms with Gasteiger partial charge in [-0.2, -0.15) is 0 Å². The van der Waals surface area contributed by atoms with E-state index in [-0.39, 0.29) is 11.8 Å². The quantitative estimate of drug-likeness (QED) is 0.862. The van der Waals surface area contributed by atoms with Gasteiger partial charge in [-0.3, -0.25) is 4.79 Å². The van der Waals surface area contributed by atoms with Crippen molar-refractivity contribution in [2.24, 2.45) is 5.92 Å². The monoisotopic (exact) mass is 303 g/mol. The number of hydrogen-bond donors (Lipinski definition) is 2. The van der Waals surface area contributed by atoms with Crippen LogP contribution < -0.4 is 5.32 Å². The molecule has 0 aliphatic rings. The summed E-state index contributed by atoms with van der Waals surface area (Å²) in [6.45, 7) is 1.80. The fourth-order valence-corrected chi connectivity index (χ4v) is 2.88. The molecule has 2 aromatic rings. The standard InChI is InChI=1S/C16H17NO3S/c1-11(10-13-8-5-9-21-13)15(18)17-14(16(19)20)12-6-3-2-4-7-12/h2-9,11,14H,10H2,1H3,(H,17,18)(H,19,20)/t11-,14+/m1/s1. The second kappa shape index (κ2) is 7.04. The highest BCUT2D eigenvalue weighted by Gasteiger charge is 2.24. The van der Waals surface area contributed by atoms with E-state index in [0.717, 1.165) is 4.88 Å². The van der Waals surface area contributed by atoms with Crippen LogP contribution in [0.4, 0.5) is 0 Å². The largest absolute Gasteiger partial charge is 0.479 e. The van der Waals surface area contributed by atoms with Gasteiger partial charge in [-0.25, -0.2) is 4.79 Å². The molecule has 0 aliphatic heterocycles. The summed E-state index contributed by atoms with van der Waals surface area (Å²) in [6.07, 6.45) is 0.616. The Morgan fingerprint density at radius 3 is 2.48 bits per heavy atom. The Morgan fingerprint density at radius 2 is 1.90 bits per heavy atom. The topological polar surface area (TPSA) is 66.4 Å². The molecule has 1 amide bonds. The first-order valence-corrected chi connectivity index (χ1v) is 7.56. The first-order chi connectivity index (χ1) is 10.1. The van der Waals surface area contributed by atoms with Crippen LogP contribution in [0, 0.1) is 5.92 Å². The lowest BCUT2D eigenvalue weighted by molar-refractivity contribution is -0.142. The molecule has 2 rings (SSSR count). The fourth-order valence-electron chi connectivity index (χ4n) is 2.04. The van der Waals surface area contributed by atoms with Crippen LogP contribution in [0.2, 0.25) is 0 Å². The summed E-state index contributed by atoms with van der Waals surface area (Å²) in [4.78, 5) is 24.7. The van der Waals surface area contributed by atoms with Crippen molar-refractivity contribution in [1.29, 1.82) is 0 Å². The highest BCUT2D eigenvalue weighted by molar-refractivity contribution is 7.09. The number of rotatable bonds is 6. The number of carboxylic acids is 1. The summed E-state index contributed by atoms with van der Waals surface area (Å²) < 4.78 is 0. The maximum Gasteiger partial charge on any atom is 0.330 e. The van der Waals surface area contributed by atoms with E-state index in [1.807, 2.05) is 23.6 Å². The van der Waals surface area contributed by atoms with Crippen molar-refractivity contribution in [3.05, 3.63) is 58.3 Å². The Kier molecular flexibility index (Phi) is 5.11. The molecule has 1 aromatic heterocycles. The summed E-state index contributed by atoms with van der Waals surface area (Å²) in [5.41, 5.74) is 0.571.